The van der Waals surface area contributed by atoms with Gasteiger partial charge in [0.15, 0.2) is 0 Å². The second-order valence-corrected chi connectivity index (χ2v) is 5.38. The van der Waals surface area contributed by atoms with Crippen LogP contribution in [0.2, 0.25) is 0 Å². The number of hydrogen-bond acceptors (Lipinski definition) is 3. The van der Waals surface area contributed by atoms with E-state index in [9.17, 15) is 18.0 Å². The van der Waals surface area contributed by atoms with E-state index in [0.717, 1.165) is 0 Å². The first-order valence-corrected chi connectivity index (χ1v) is 6.79. The zero-order valence-electron chi connectivity index (χ0n) is 12.0. The minimum Gasteiger partial charge on any atom is -0.469 e. The lowest BCUT2D eigenvalue weighted by atomic mass is 9.84. The standard InChI is InChI=1S/C15H18F3NO2/c1-9-3-4-10(6-13(9)15(16,17)18)11-5-12(8-19-7-11)14(20)21-2/h3-4,6,11-12,19H,5,7-8H2,1-2H3. The third-order valence-corrected chi connectivity index (χ3v) is 3.92. The first-order chi connectivity index (χ1) is 9.82. The van der Waals surface area contributed by atoms with Gasteiger partial charge in [-0.3, -0.25) is 4.79 Å². The number of halogens is 3. The molecule has 0 spiro atoms. The van der Waals surface area contributed by atoms with Crippen LogP contribution in [0.25, 0.3) is 0 Å². The minimum absolute atomic E-state index is 0.121. The van der Waals surface area contributed by atoms with Crippen molar-refractivity contribution in [1.82, 2.24) is 5.32 Å². The molecule has 0 aliphatic carbocycles. The van der Waals surface area contributed by atoms with Gasteiger partial charge in [-0.15, -0.1) is 0 Å². The number of alkyl halides is 3. The van der Waals surface area contributed by atoms with Crippen LogP contribution in [0.15, 0.2) is 18.2 Å². The molecule has 2 atom stereocenters. The summed E-state index contributed by atoms with van der Waals surface area (Å²) in [6, 6.07) is 4.39. The molecule has 0 radical (unpaired) electrons. The lowest BCUT2D eigenvalue weighted by molar-refractivity contribution is -0.146. The molecule has 1 N–H and O–H groups in total. The van der Waals surface area contributed by atoms with Crippen LogP contribution in [0, 0.1) is 12.8 Å². The number of carbonyl (C=O) groups excluding carboxylic acids is 1. The van der Waals surface area contributed by atoms with Gasteiger partial charge in [0, 0.05) is 13.1 Å². The van der Waals surface area contributed by atoms with Gasteiger partial charge < -0.3 is 10.1 Å². The van der Waals surface area contributed by atoms with Crippen LogP contribution < -0.4 is 5.32 Å². The number of esters is 1. The number of benzene rings is 1. The quantitative estimate of drug-likeness (QED) is 0.854. The predicted octanol–water partition coefficient (Wildman–Crippen LogP) is 2.88. The molecule has 1 aromatic rings. The van der Waals surface area contributed by atoms with E-state index in [1.165, 1.54) is 26.2 Å². The zero-order valence-corrected chi connectivity index (χ0v) is 12.0. The molecule has 2 unspecified atom stereocenters. The molecule has 0 bridgehead atoms. The Morgan fingerprint density at radius 3 is 2.67 bits per heavy atom. The van der Waals surface area contributed by atoms with Crippen molar-refractivity contribution in [3.8, 4) is 0 Å². The number of aryl methyl sites for hydroxylation is 1. The van der Waals surface area contributed by atoms with Crippen molar-refractivity contribution in [3.63, 3.8) is 0 Å². The fraction of sp³-hybridized carbons (Fsp3) is 0.533. The molecule has 1 heterocycles. The molecule has 21 heavy (non-hydrogen) atoms. The summed E-state index contributed by atoms with van der Waals surface area (Å²) in [4.78, 5) is 11.6. The second-order valence-electron chi connectivity index (χ2n) is 5.38. The molecular weight excluding hydrogens is 283 g/mol. The van der Waals surface area contributed by atoms with Gasteiger partial charge in [-0.05, 0) is 36.5 Å². The molecular formula is C15H18F3NO2. The number of nitrogens with one attached hydrogen (secondary N) is 1. The zero-order chi connectivity index (χ0) is 15.6. The molecule has 6 heteroatoms. The van der Waals surface area contributed by atoms with E-state index in [2.05, 4.69) is 5.32 Å². The summed E-state index contributed by atoms with van der Waals surface area (Å²) in [6.45, 7) is 2.51. The average molecular weight is 301 g/mol. The molecule has 1 fully saturated rings. The molecule has 2 rings (SSSR count). The molecule has 0 aromatic heterocycles. The van der Waals surface area contributed by atoms with Crippen molar-refractivity contribution in [3.05, 3.63) is 34.9 Å². The van der Waals surface area contributed by atoms with Crippen molar-refractivity contribution >= 4 is 5.97 Å². The average Bonchev–Trinajstić information content (AvgIpc) is 2.46. The molecule has 1 aliphatic heterocycles. The lowest BCUT2D eigenvalue weighted by Crippen LogP contribution is -2.39. The fourth-order valence-corrected chi connectivity index (χ4v) is 2.74. The molecule has 0 saturated carbocycles. The van der Waals surface area contributed by atoms with E-state index in [4.69, 9.17) is 4.74 Å². The number of hydrogen-bond donors (Lipinski definition) is 1. The van der Waals surface area contributed by atoms with Gasteiger partial charge >= 0.3 is 12.1 Å². The molecule has 3 nitrogen and oxygen atoms in total. The summed E-state index contributed by atoms with van der Waals surface area (Å²) in [5.41, 5.74) is 0.203. The summed E-state index contributed by atoms with van der Waals surface area (Å²) in [7, 11) is 1.32. The van der Waals surface area contributed by atoms with Crippen molar-refractivity contribution < 1.29 is 22.7 Å². The Morgan fingerprint density at radius 2 is 2.05 bits per heavy atom. The second kappa shape index (κ2) is 6.05. The van der Waals surface area contributed by atoms with Crippen molar-refractivity contribution in [1.29, 1.82) is 0 Å². The molecule has 1 aliphatic rings. The first-order valence-electron chi connectivity index (χ1n) is 6.79. The number of carbonyl (C=O) groups is 1. The SMILES string of the molecule is COC(=O)C1CNCC(c2ccc(C)c(C(F)(F)F)c2)C1. The maximum absolute atomic E-state index is 13.0. The van der Waals surface area contributed by atoms with Gasteiger partial charge in [-0.1, -0.05) is 12.1 Å². The summed E-state index contributed by atoms with van der Waals surface area (Å²) < 4.78 is 43.6. The molecule has 1 aromatic carbocycles. The van der Waals surface area contributed by atoms with E-state index in [0.29, 0.717) is 25.1 Å². The summed E-state index contributed by atoms with van der Waals surface area (Å²) in [5.74, 6) is -0.760. The maximum atomic E-state index is 13.0. The lowest BCUT2D eigenvalue weighted by Gasteiger charge is -2.29. The van der Waals surface area contributed by atoms with Crippen LogP contribution in [0.4, 0.5) is 13.2 Å². The highest BCUT2D eigenvalue weighted by Gasteiger charge is 2.34. The van der Waals surface area contributed by atoms with Gasteiger partial charge in [-0.2, -0.15) is 13.2 Å². The van der Waals surface area contributed by atoms with Crippen LogP contribution in [0.1, 0.15) is 29.0 Å². The Bertz CT molecular complexity index is 528. The first kappa shape index (κ1) is 15.8. The Kier molecular flexibility index (Phi) is 4.56. The van der Waals surface area contributed by atoms with E-state index in [1.54, 1.807) is 6.07 Å². The highest BCUT2D eigenvalue weighted by molar-refractivity contribution is 5.72. The van der Waals surface area contributed by atoms with Crippen LogP contribution in [-0.2, 0) is 15.7 Å². The third-order valence-electron chi connectivity index (χ3n) is 3.92. The van der Waals surface area contributed by atoms with E-state index in [-0.39, 0.29) is 23.4 Å². The Morgan fingerprint density at radius 1 is 1.33 bits per heavy atom. The van der Waals surface area contributed by atoms with Gasteiger partial charge in [0.2, 0.25) is 0 Å². The minimum atomic E-state index is -4.36. The molecule has 116 valence electrons. The summed E-state index contributed by atoms with van der Waals surface area (Å²) >= 11 is 0. The predicted molar refractivity (Wildman–Crippen MR) is 71.9 cm³/mol. The van der Waals surface area contributed by atoms with Crippen LogP contribution >= 0.6 is 0 Å². The molecule has 1 saturated heterocycles. The number of rotatable bonds is 2. The molecule has 0 amide bonds. The Labute approximate surface area is 121 Å². The smallest absolute Gasteiger partial charge is 0.416 e. The summed E-state index contributed by atoms with van der Waals surface area (Å²) in [5, 5.41) is 3.09. The number of piperidine rings is 1. The van der Waals surface area contributed by atoms with Crippen LogP contribution in [0.5, 0.6) is 0 Å². The number of methoxy groups -OCH3 is 1. The third kappa shape index (κ3) is 3.56. The Hall–Kier alpha value is -1.56. The highest BCUT2D eigenvalue weighted by atomic mass is 19.4. The van der Waals surface area contributed by atoms with Crippen LogP contribution in [0.3, 0.4) is 0 Å². The van der Waals surface area contributed by atoms with Gasteiger partial charge in [0.05, 0.1) is 18.6 Å². The number of ether oxygens (including phenoxy) is 1. The van der Waals surface area contributed by atoms with E-state index in [1.807, 2.05) is 0 Å². The summed E-state index contributed by atoms with van der Waals surface area (Å²) in [6.07, 6.45) is -3.86. The largest absolute Gasteiger partial charge is 0.469 e. The van der Waals surface area contributed by atoms with Crippen LogP contribution in [-0.4, -0.2) is 26.2 Å². The maximum Gasteiger partial charge on any atom is 0.416 e. The normalized spacial score (nSPS) is 22.9. The fourth-order valence-electron chi connectivity index (χ4n) is 2.74. The van der Waals surface area contributed by atoms with Crippen molar-refractivity contribution in [2.24, 2.45) is 5.92 Å². The van der Waals surface area contributed by atoms with Gasteiger partial charge in [-0.25, -0.2) is 0 Å². The topological polar surface area (TPSA) is 38.3 Å². The monoisotopic (exact) mass is 301 g/mol. The Balaban J connectivity index is 2.24. The highest BCUT2D eigenvalue weighted by Crippen LogP contribution is 2.35. The van der Waals surface area contributed by atoms with Gasteiger partial charge in [0.25, 0.3) is 0 Å². The van der Waals surface area contributed by atoms with Gasteiger partial charge in [0.1, 0.15) is 0 Å². The van der Waals surface area contributed by atoms with E-state index < -0.39 is 11.7 Å². The van der Waals surface area contributed by atoms with E-state index >= 15 is 0 Å². The van der Waals surface area contributed by atoms with Crippen molar-refractivity contribution in [2.75, 3.05) is 20.2 Å². The van der Waals surface area contributed by atoms with Crippen molar-refractivity contribution in [2.45, 2.75) is 25.4 Å².